The summed E-state index contributed by atoms with van der Waals surface area (Å²) in [4.78, 5) is 10.9. The fourth-order valence-corrected chi connectivity index (χ4v) is 3.16. The Labute approximate surface area is 102 Å². The van der Waals surface area contributed by atoms with E-state index >= 15 is 0 Å². The third kappa shape index (κ3) is 1.64. The number of Topliss-reactive ketones (excluding diaryl/α,β-unsaturated/α-hetero) is 1. The van der Waals surface area contributed by atoms with Gasteiger partial charge in [0.25, 0.3) is 0 Å². The maximum absolute atomic E-state index is 11.9. The molecule has 0 saturated heterocycles. The number of allylic oxidation sites excluding steroid dienone is 2. The fraction of sp³-hybridized carbons (Fsp3) is 0.750. The molecule has 1 aliphatic rings. The van der Waals surface area contributed by atoms with Gasteiger partial charge in [-0.15, -0.1) is 11.6 Å². The van der Waals surface area contributed by atoms with E-state index in [1.807, 2.05) is 41.5 Å². The lowest BCUT2D eigenvalue weighted by atomic mass is 9.59. The van der Waals surface area contributed by atoms with E-state index < -0.39 is 4.87 Å². The van der Waals surface area contributed by atoms with Gasteiger partial charge in [-0.1, -0.05) is 53.1 Å². The van der Waals surface area contributed by atoms with Crippen LogP contribution in [0.3, 0.4) is 0 Å². The molecule has 1 unspecified atom stereocenters. The van der Waals surface area contributed by atoms with Crippen LogP contribution in [0.2, 0.25) is 0 Å². The molecular weight excluding hydrogens is 231 g/mol. The van der Waals surface area contributed by atoms with Crippen LogP contribution in [0, 0.1) is 10.8 Å². The van der Waals surface area contributed by atoms with E-state index in [4.69, 9.17) is 23.2 Å². The van der Waals surface area contributed by atoms with Crippen LogP contribution in [0.1, 0.15) is 41.5 Å². The van der Waals surface area contributed by atoms with Gasteiger partial charge in [0.2, 0.25) is 0 Å². The first-order valence-electron chi connectivity index (χ1n) is 5.08. The Morgan fingerprint density at radius 1 is 1.07 bits per heavy atom. The molecule has 0 heterocycles. The fourth-order valence-electron chi connectivity index (χ4n) is 2.03. The minimum atomic E-state index is -0.928. The van der Waals surface area contributed by atoms with Gasteiger partial charge in [0.05, 0.1) is 5.03 Å². The lowest BCUT2D eigenvalue weighted by molar-refractivity contribution is -0.121. The Bertz CT molecular complexity index is 342. The molecule has 86 valence electrons. The normalized spacial score (nSPS) is 28.1. The monoisotopic (exact) mass is 248 g/mol. The summed E-state index contributed by atoms with van der Waals surface area (Å²) in [7, 11) is 0. The second kappa shape index (κ2) is 3.24. The van der Waals surface area contributed by atoms with Crippen molar-refractivity contribution < 1.29 is 4.79 Å². The van der Waals surface area contributed by atoms with Gasteiger partial charge in [0, 0.05) is 0 Å². The van der Waals surface area contributed by atoms with Crippen molar-refractivity contribution >= 4 is 29.0 Å². The molecule has 0 radical (unpaired) electrons. The zero-order chi connectivity index (χ0) is 12.2. The van der Waals surface area contributed by atoms with E-state index in [2.05, 4.69) is 0 Å². The van der Waals surface area contributed by atoms with Gasteiger partial charge in [-0.2, -0.15) is 0 Å². The van der Waals surface area contributed by atoms with Crippen molar-refractivity contribution in [2.75, 3.05) is 0 Å². The minimum Gasteiger partial charge on any atom is -0.291 e. The van der Waals surface area contributed by atoms with E-state index in [9.17, 15) is 4.79 Å². The maximum atomic E-state index is 11.9. The molecule has 0 saturated carbocycles. The van der Waals surface area contributed by atoms with Crippen molar-refractivity contribution in [3.8, 4) is 0 Å². The molecule has 0 aromatic heterocycles. The van der Waals surface area contributed by atoms with E-state index in [0.717, 1.165) is 5.57 Å². The highest BCUT2D eigenvalue weighted by molar-refractivity contribution is 6.57. The molecule has 1 aliphatic carbocycles. The average molecular weight is 249 g/mol. The van der Waals surface area contributed by atoms with Crippen LogP contribution >= 0.6 is 23.2 Å². The Kier molecular flexibility index (Phi) is 2.82. The SMILES string of the molecule is CC(C)(C)C1=C(Cl)C(=O)C1(Cl)C(C)(C)C. The van der Waals surface area contributed by atoms with Crippen LogP contribution in [0.25, 0.3) is 0 Å². The molecule has 15 heavy (non-hydrogen) atoms. The van der Waals surface area contributed by atoms with Crippen molar-refractivity contribution in [2.24, 2.45) is 10.8 Å². The van der Waals surface area contributed by atoms with Crippen LogP contribution in [-0.2, 0) is 4.79 Å². The lowest BCUT2D eigenvalue weighted by Crippen LogP contribution is -2.57. The Balaban J connectivity index is 3.35. The van der Waals surface area contributed by atoms with Crippen molar-refractivity contribution in [3.05, 3.63) is 10.6 Å². The zero-order valence-electron chi connectivity index (χ0n) is 10.2. The second-order valence-electron chi connectivity index (χ2n) is 6.18. The van der Waals surface area contributed by atoms with E-state index in [1.165, 1.54) is 0 Å². The highest BCUT2D eigenvalue weighted by atomic mass is 35.5. The van der Waals surface area contributed by atoms with Gasteiger partial charge in [-0.25, -0.2) is 0 Å². The first-order valence-corrected chi connectivity index (χ1v) is 5.84. The summed E-state index contributed by atoms with van der Waals surface area (Å²) >= 11 is 12.5. The highest BCUT2D eigenvalue weighted by Gasteiger charge is 2.61. The lowest BCUT2D eigenvalue weighted by Gasteiger charge is -2.50. The number of carbonyl (C=O) groups excluding carboxylic acids is 1. The Morgan fingerprint density at radius 3 is 1.67 bits per heavy atom. The first kappa shape index (κ1) is 13.1. The molecule has 0 bridgehead atoms. The summed E-state index contributed by atoms with van der Waals surface area (Å²) in [6, 6.07) is 0. The molecule has 1 rings (SSSR count). The van der Waals surface area contributed by atoms with E-state index in [0.29, 0.717) is 5.03 Å². The number of hydrogen-bond donors (Lipinski definition) is 0. The van der Waals surface area contributed by atoms with Crippen molar-refractivity contribution in [3.63, 3.8) is 0 Å². The molecule has 0 N–H and O–H groups in total. The van der Waals surface area contributed by atoms with E-state index in [1.54, 1.807) is 0 Å². The summed E-state index contributed by atoms with van der Waals surface area (Å²) in [6.45, 7) is 12.0. The molecule has 0 aliphatic heterocycles. The van der Waals surface area contributed by atoms with E-state index in [-0.39, 0.29) is 16.6 Å². The zero-order valence-corrected chi connectivity index (χ0v) is 11.7. The van der Waals surface area contributed by atoms with Gasteiger partial charge in [0.15, 0.2) is 5.78 Å². The van der Waals surface area contributed by atoms with Crippen LogP contribution in [0.5, 0.6) is 0 Å². The Morgan fingerprint density at radius 2 is 1.47 bits per heavy atom. The second-order valence-corrected chi connectivity index (χ2v) is 7.12. The van der Waals surface area contributed by atoms with Gasteiger partial charge < -0.3 is 0 Å². The number of halogens is 2. The van der Waals surface area contributed by atoms with Crippen molar-refractivity contribution in [2.45, 2.75) is 46.4 Å². The van der Waals surface area contributed by atoms with Gasteiger partial charge >= 0.3 is 0 Å². The van der Waals surface area contributed by atoms with Crippen molar-refractivity contribution in [1.29, 1.82) is 0 Å². The number of ketones is 1. The Hall–Kier alpha value is -0.0100. The molecule has 1 nitrogen and oxygen atoms in total. The number of hydrogen-bond acceptors (Lipinski definition) is 1. The molecular formula is C12H18Cl2O. The third-order valence-corrected chi connectivity index (χ3v) is 4.15. The number of alkyl halides is 1. The molecule has 0 amide bonds. The third-order valence-electron chi connectivity index (χ3n) is 2.86. The molecule has 0 fully saturated rings. The summed E-state index contributed by atoms with van der Waals surface area (Å²) < 4.78 is 0. The summed E-state index contributed by atoms with van der Waals surface area (Å²) in [5.74, 6) is -0.136. The van der Waals surface area contributed by atoms with Crippen molar-refractivity contribution in [1.82, 2.24) is 0 Å². The predicted molar refractivity (Wildman–Crippen MR) is 65.4 cm³/mol. The van der Waals surface area contributed by atoms with Crippen LogP contribution in [-0.4, -0.2) is 10.7 Å². The number of carbonyl (C=O) groups is 1. The molecule has 0 spiro atoms. The molecule has 0 aromatic rings. The highest BCUT2D eigenvalue weighted by Crippen LogP contribution is 2.58. The molecule has 1 atom stereocenters. The van der Waals surface area contributed by atoms with Crippen LogP contribution < -0.4 is 0 Å². The number of rotatable bonds is 0. The topological polar surface area (TPSA) is 17.1 Å². The van der Waals surface area contributed by atoms with Gasteiger partial charge in [-0.05, 0) is 16.4 Å². The van der Waals surface area contributed by atoms with Gasteiger partial charge in [0.1, 0.15) is 4.87 Å². The standard InChI is InChI=1S/C12H18Cl2O/c1-10(2,3)8-7(13)9(15)12(8,14)11(4,5)6/h1-6H3. The molecule has 3 heteroatoms. The smallest absolute Gasteiger partial charge is 0.199 e. The largest absolute Gasteiger partial charge is 0.291 e. The summed E-state index contributed by atoms with van der Waals surface area (Å²) in [5.41, 5.74) is 0.392. The summed E-state index contributed by atoms with van der Waals surface area (Å²) in [5, 5.41) is 0.326. The van der Waals surface area contributed by atoms with Gasteiger partial charge in [-0.3, -0.25) is 4.79 Å². The minimum absolute atomic E-state index is 0.136. The maximum Gasteiger partial charge on any atom is 0.199 e. The summed E-state index contributed by atoms with van der Waals surface area (Å²) in [6.07, 6.45) is 0. The predicted octanol–water partition coefficient (Wildman–Crippen LogP) is 4.13. The molecule has 0 aromatic carbocycles. The van der Waals surface area contributed by atoms with Crippen LogP contribution in [0.15, 0.2) is 10.6 Å². The van der Waals surface area contributed by atoms with Crippen LogP contribution in [0.4, 0.5) is 0 Å². The first-order chi connectivity index (χ1) is 6.44. The average Bonchev–Trinajstić information content (AvgIpc) is 1.99. The quantitative estimate of drug-likeness (QED) is 0.590.